The van der Waals surface area contributed by atoms with E-state index in [1.54, 1.807) is 88.7 Å². The molecule has 4 N–H and O–H groups in total. The van der Waals surface area contributed by atoms with E-state index in [2.05, 4.69) is 33.4 Å². The molecule has 2 aromatic carbocycles. The van der Waals surface area contributed by atoms with Crippen molar-refractivity contribution in [3.05, 3.63) is 70.8 Å². The molecule has 4 fully saturated rings. The first kappa shape index (κ1) is 66.4. The molecule has 6 aliphatic rings. The van der Waals surface area contributed by atoms with Crippen molar-refractivity contribution >= 4 is 71.2 Å². The minimum Gasteiger partial charge on any atom is -0.444 e. The number of unbranched alkanes of at least 4 members (excludes halogenated alkanes) is 3. The molecule has 22 heteroatoms. The molecule has 0 saturated carbocycles. The standard InChI is InChI=1S/C64H94N8O12S2/c1-37(69(13)59(79)83-61(3,4)5)53(73)65-43-27-31-85-47-35-63(9,10)51(71(47)57(43)77)55(75)67-49-41-25-19-17-23-39(41)33-45(49)81-29-21-15-16-22-30-82-46-34-40-24-18-20-26-42(40)50(46)68-56(76)52-64(11,12)36-48-72(52)58(78)44(28-32-86-48)66-54(74)38(2)70(14)60(80)84-62(6,7)8/h17-20,23-26,37-38,43-52H,15-16,21-22,27-36H2,1-14H3,(H,65,73)(H,66,74)(H,67,75)(H,68,76)/t37-,38-,43-,44-,45+,46+,47-,48-,49-,50-,51+,52+/m0/s1. The normalized spacial score (nSPS) is 27.2. The number of hydrogen-bond acceptors (Lipinski definition) is 14. The van der Waals surface area contributed by atoms with Gasteiger partial charge in [0.15, 0.2) is 0 Å². The Morgan fingerprint density at radius 2 is 0.942 bits per heavy atom. The van der Waals surface area contributed by atoms with E-state index in [4.69, 9.17) is 18.9 Å². The molecule has 0 radical (unpaired) electrons. The number of rotatable bonds is 19. The molecule has 8 amide bonds. The Balaban J connectivity index is 0.833. The minimum absolute atomic E-state index is 0.255. The lowest BCUT2D eigenvalue weighted by Gasteiger charge is -2.35. The van der Waals surface area contributed by atoms with Gasteiger partial charge in [0.05, 0.1) is 35.0 Å². The van der Waals surface area contributed by atoms with Crippen molar-refractivity contribution in [2.75, 3.05) is 38.8 Å². The number of nitrogens with one attached hydrogen (secondary N) is 4. The average Bonchev–Trinajstić information content (AvgIpc) is 1.70. The first-order valence-electron chi connectivity index (χ1n) is 30.8. The van der Waals surface area contributed by atoms with Gasteiger partial charge in [-0.3, -0.25) is 38.6 Å². The summed E-state index contributed by atoms with van der Waals surface area (Å²) in [5.41, 5.74) is 1.51. The second-order valence-corrected chi connectivity index (χ2v) is 30.1. The Labute approximate surface area is 517 Å². The van der Waals surface area contributed by atoms with Gasteiger partial charge in [-0.25, -0.2) is 9.59 Å². The quantitative estimate of drug-likeness (QED) is 0.0983. The second-order valence-electron chi connectivity index (χ2n) is 27.6. The largest absolute Gasteiger partial charge is 0.444 e. The van der Waals surface area contributed by atoms with E-state index >= 15 is 0 Å². The predicted molar refractivity (Wildman–Crippen MR) is 331 cm³/mol. The van der Waals surface area contributed by atoms with Crippen LogP contribution < -0.4 is 21.3 Å². The van der Waals surface area contributed by atoms with Crippen molar-refractivity contribution < 1.29 is 57.3 Å². The Kier molecular flexibility index (Phi) is 20.9. The number of fused-ring (bicyclic) bond motifs is 4. The van der Waals surface area contributed by atoms with E-state index in [0.717, 1.165) is 47.9 Å². The van der Waals surface area contributed by atoms with Crippen LogP contribution in [0.25, 0.3) is 0 Å². The molecule has 8 rings (SSSR count). The molecule has 4 heterocycles. The molecule has 2 aliphatic carbocycles. The highest BCUT2D eigenvalue weighted by atomic mass is 32.2. The lowest BCUT2D eigenvalue weighted by atomic mass is 9.83. The molecule has 2 aromatic rings. The first-order valence-corrected chi connectivity index (χ1v) is 32.9. The van der Waals surface area contributed by atoms with Gasteiger partial charge in [-0.1, -0.05) is 89.1 Å². The summed E-state index contributed by atoms with van der Waals surface area (Å²) >= 11 is 3.24. The molecule has 0 spiro atoms. The number of benzene rings is 2. The molecule has 20 nitrogen and oxygen atoms in total. The van der Waals surface area contributed by atoms with Gasteiger partial charge in [0.25, 0.3) is 0 Å². The fourth-order valence-electron chi connectivity index (χ4n) is 12.9. The van der Waals surface area contributed by atoms with Crippen LogP contribution in [0.5, 0.6) is 0 Å². The zero-order chi connectivity index (χ0) is 62.8. The van der Waals surface area contributed by atoms with Gasteiger partial charge in [-0.2, -0.15) is 0 Å². The van der Waals surface area contributed by atoms with Gasteiger partial charge in [0.2, 0.25) is 35.4 Å². The number of nitrogens with zero attached hydrogens (tertiary/aromatic N) is 4. The lowest BCUT2D eigenvalue weighted by Crippen LogP contribution is -2.58. The number of hydrogen-bond donors (Lipinski definition) is 4. The summed E-state index contributed by atoms with van der Waals surface area (Å²) in [5.74, 6) is -0.939. The molecular weight excluding hydrogens is 1140 g/mol. The highest BCUT2D eigenvalue weighted by molar-refractivity contribution is 8.00. The summed E-state index contributed by atoms with van der Waals surface area (Å²) in [7, 11) is 2.98. The molecule has 86 heavy (non-hydrogen) atoms. The van der Waals surface area contributed by atoms with Crippen LogP contribution in [-0.4, -0.2) is 176 Å². The third kappa shape index (κ3) is 15.3. The van der Waals surface area contributed by atoms with Crippen LogP contribution in [0.1, 0.15) is 169 Å². The summed E-state index contributed by atoms with van der Waals surface area (Å²) in [6.07, 6.45) is 4.59. The topological polar surface area (TPSA) is 235 Å². The van der Waals surface area contributed by atoms with Crippen molar-refractivity contribution in [1.29, 1.82) is 0 Å². The third-order valence-corrected chi connectivity index (χ3v) is 20.2. The SMILES string of the molecule is C[C@@H](C(=O)N[C@H]1CCS[C@H]2CC(C)(C)[C@@H](C(=O)N[C@H]3c4ccccc4C[C@H]3OCCCCCCO[C@@H]3Cc4ccccc4[C@@H]3NC(=O)[C@H]3N4C(=O)[C@@H](NC(=O)[C@H](C)N(C)C(=O)OC(C)(C)C)CCS[C@H]4CC3(C)C)N2C1=O)N(C)C(=O)OC(C)(C)C. The van der Waals surface area contributed by atoms with Gasteiger partial charge >= 0.3 is 12.2 Å². The molecule has 4 saturated heterocycles. The number of thioether (sulfide) groups is 2. The Bertz CT molecular complexity index is 2650. The number of carbonyl (C=O) groups is 8. The average molecular weight is 1230 g/mol. The van der Waals surface area contributed by atoms with E-state index in [1.807, 2.05) is 64.1 Å². The highest BCUT2D eigenvalue weighted by Crippen LogP contribution is 2.49. The first-order chi connectivity index (χ1) is 40.4. The van der Waals surface area contributed by atoms with Gasteiger partial charge in [0.1, 0.15) is 47.5 Å². The summed E-state index contributed by atoms with van der Waals surface area (Å²) < 4.78 is 24.2. The highest BCUT2D eigenvalue weighted by Gasteiger charge is 2.57. The van der Waals surface area contributed by atoms with E-state index in [-0.39, 0.29) is 46.6 Å². The maximum Gasteiger partial charge on any atom is 0.410 e. The summed E-state index contributed by atoms with van der Waals surface area (Å²) in [5, 5.41) is 12.0. The van der Waals surface area contributed by atoms with Gasteiger partial charge in [0, 0.05) is 40.2 Å². The van der Waals surface area contributed by atoms with Crippen LogP contribution in [-0.2, 0) is 60.6 Å². The molecule has 12 atom stereocenters. The van der Waals surface area contributed by atoms with Crippen molar-refractivity contribution in [3.63, 3.8) is 0 Å². The van der Waals surface area contributed by atoms with Gasteiger partial charge in [-0.05, 0) is 139 Å². The van der Waals surface area contributed by atoms with Gasteiger partial charge < -0.3 is 50.0 Å². The molecule has 0 unspecified atom stereocenters. The number of amides is 8. The van der Waals surface area contributed by atoms with Gasteiger partial charge in [-0.15, -0.1) is 23.5 Å². The van der Waals surface area contributed by atoms with E-state index in [1.165, 1.54) is 23.9 Å². The van der Waals surface area contributed by atoms with E-state index in [0.29, 0.717) is 63.2 Å². The third-order valence-electron chi connectivity index (χ3n) is 17.7. The van der Waals surface area contributed by atoms with Crippen molar-refractivity contribution in [2.45, 2.75) is 230 Å². The van der Waals surface area contributed by atoms with Crippen LogP contribution in [0.2, 0.25) is 0 Å². The van der Waals surface area contributed by atoms with Crippen LogP contribution in [0.3, 0.4) is 0 Å². The smallest absolute Gasteiger partial charge is 0.410 e. The maximum atomic E-state index is 14.8. The monoisotopic (exact) mass is 1230 g/mol. The van der Waals surface area contributed by atoms with Crippen LogP contribution in [0.4, 0.5) is 9.59 Å². The Morgan fingerprint density at radius 3 is 1.30 bits per heavy atom. The number of carbonyl (C=O) groups excluding carboxylic acids is 8. The van der Waals surface area contributed by atoms with Crippen molar-refractivity contribution in [1.82, 2.24) is 40.9 Å². The van der Waals surface area contributed by atoms with E-state index < -0.39 is 94.4 Å². The summed E-state index contributed by atoms with van der Waals surface area (Å²) in [6.45, 7) is 22.7. The lowest BCUT2D eigenvalue weighted by molar-refractivity contribution is -0.144. The maximum absolute atomic E-state index is 14.8. The Morgan fingerprint density at radius 1 is 0.581 bits per heavy atom. The Hall–Kier alpha value is -5.58. The van der Waals surface area contributed by atoms with E-state index in [9.17, 15) is 38.4 Å². The van der Waals surface area contributed by atoms with Crippen LogP contribution >= 0.6 is 23.5 Å². The van der Waals surface area contributed by atoms with Crippen LogP contribution in [0.15, 0.2) is 48.5 Å². The molecule has 4 aliphatic heterocycles. The molecule has 474 valence electrons. The summed E-state index contributed by atoms with van der Waals surface area (Å²) in [6, 6.07) is 9.99. The zero-order valence-electron chi connectivity index (χ0n) is 53.0. The fourth-order valence-corrected chi connectivity index (χ4v) is 16.0. The molecule has 0 aromatic heterocycles. The van der Waals surface area contributed by atoms with Crippen molar-refractivity contribution in [2.24, 2.45) is 10.8 Å². The summed E-state index contributed by atoms with van der Waals surface area (Å²) in [4.78, 5) is 117. The second kappa shape index (κ2) is 27.0. The zero-order valence-corrected chi connectivity index (χ0v) is 54.6. The predicted octanol–water partition coefficient (Wildman–Crippen LogP) is 7.81. The van der Waals surface area contributed by atoms with Crippen LogP contribution in [0, 0.1) is 10.8 Å². The fraction of sp³-hybridized carbons (Fsp3) is 0.688. The number of likely N-dealkylation sites (N-methyl/N-ethyl adjacent to an activating group) is 2. The molecular formula is C64H94N8O12S2. The number of ether oxygens (including phenoxy) is 4. The van der Waals surface area contributed by atoms with Crippen molar-refractivity contribution in [3.8, 4) is 0 Å². The minimum atomic E-state index is -0.912. The molecule has 0 bridgehead atoms.